The third-order valence-corrected chi connectivity index (χ3v) is 5.77. The molecule has 24 heavy (non-hydrogen) atoms. The van der Waals surface area contributed by atoms with Gasteiger partial charge in [-0.05, 0) is 26.7 Å². The first-order chi connectivity index (χ1) is 10.9. The average molecular weight is 395 g/mol. The number of nitrogens with one attached hydrogen (secondary N) is 1. The Morgan fingerprint density at radius 1 is 1.46 bits per heavy atom. The van der Waals surface area contributed by atoms with Gasteiger partial charge in [-0.3, -0.25) is 9.59 Å². The van der Waals surface area contributed by atoms with Gasteiger partial charge in [-0.1, -0.05) is 35.9 Å². The summed E-state index contributed by atoms with van der Waals surface area (Å²) in [6, 6.07) is 0. The van der Waals surface area contributed by atoms with Gasteiger partial charge >= 0.3 is 5.97 Å². The fourth-order valence-electron chi connectivity index (χ4n) is 2.62. The Labute approximate surface area is 155 Å². The van der Waals surface area contributed by atoms with E-state index in [2.05, 4.69) is 15.5 Å². The molecule has 0 aliphatic heterocycles. The van der Waals surface area contributed by atoms with Crippen LogP contribution in [0.2, 0.25) is 0 Å². The SMILES string of the molecule is CCOC(=O)CSc1nnc(NC(=O)C2CCCCC2(C)N)s1.Cl. The summed E-state index contributed by atoms with van der Waals surface area (Å²) in [5.41, 5.74) is 5.76. The number of carbonyl (C=O) groups is 2. The predicted molar refractivity (Wildman–Crippen MR) is 97.7 cm³/mol. The van der Waals surface area contributed by atoms with E-state index in [1.165, 1.54) is 23.1 Å². The number of carbonyl (C=O) groups excluding carboxylic acids is 2. The van der Waals surface area contributed by atoms with E-state index < -0.39 is 5.54 Å². The minimum Gasteiger partial charge on any atom is -0.465 e. The van der Waals surface area contributed by atoms with Gasteiger partial charge in [0.05, 0.1) is 18.3 Å². The number of amides is 1. The van der Waals surface area contributed by atoms with E-state index in [-0.39, 0.29) is 36.0 Å². The number of hydrogen-bond acceptors (Lipinski definition) is 8. The molecule has 1 fully saturated rings. The molecular weight excluding hydrogens is 372 g/mol. The molecule has 1 aliphatic rings. The summed E-state index contributed by atoms with van der Waals surface area (Å²) in [6.07, 6.45) is 3.72. The van der Waals surface area contributed by atoms with Gasteiger partial charge < -0.3 is 15.8 Å². The molecule has 0 bridgehead atoms. The number of aromatic nitrogens is 2. The van der Waals surface area contributed by atoms with Crippen LogP contribution in [0.3, 0.4) is 0 Å². The van der Waals surface area contributed by atoms with Crippen LogP contribution >= 0.6 is 35.5 Å². The topological polar surface area (TPSA) is 107 Å². The number of nitrogens with two attached hydrogens (primary N) is 1. The molecule has 7 nitrogen and oxygen atoms in total. The second kappa shape index (κ2) is 9.55. The second-order valence-electron chi connectivity index (χ2n) is 5.76. The van der Waals surface area contributed by atoms with Crippen molar-refractivity contribution in [2.45, 2.75) is 49.4 Å². The number of nitrogens with zero attached hydrogens (tertiary/aromatic N) is 2. The van der Waals surface area contributed by atoms with Crippen molar-refractivity contribution in [1.29, 1.82) is 0 Å². The van der Waals surface area contributed by atoms with Crippen LogP contribution in [0.25, 0.3) is 0 Å². The molecule has 1 heterocycles. The van der Waals surface area contributed by atoms with Crippen LogP contribution in [0.4, 0.5) is 5.13 Å². The Hall–Kier alpha value is -0.900. The van der Waals surface area contributed by atoms with Crippen LogP contribution < -0.4 is 11.1 Å². The zero-order valence-electron chi connectivity index (χ0n) is 13.7. The van der Waals surface area contributed by atoms with E-state index in [1.54, 1.807) is 6.92 Å². The normalized spacial score (nSPS) is 23.2. The first-order valence-corrected chi connectivity index (χ1v) is 9.44. The van der Waals surface area contributed by atoms with E-state index in [4.69, 9.17) is 10.5 Å². The number of anilines is 1. The van der Waals surface area contributed by atoms with Crippen LogP contribution in [0.15, 0.2) is 4.34 Å². The standard InChI is InChI=1S/C14H22N4O3S2.ClH/c1-3-21-10(19)8-22-13-18-17-12(23-13)16-11(20)9-6-4-5-7-14(9,2)15;/h9H,3-8,15H2,1-2H3,(H,16,17,20);1H. The number of hydrogen-bond donors (Lipinski definition) is 2. The quantitative estimate of drug-likeness (QED) is 0.433. The van der Waals surface area contributed by atoms with Gasteiger partial charge in [0, 0.05) is 5.54 Å². The smallest absolute Gasteiger partial charge is 0.316 e. The summed E-state index contributed by atoms with van der Waals surface area (Å²) >= 11 is 2.49. The molecular formula is C14H23ClN4O3S2. The van der Waals surface area contributed by atoms with E-state index >= 15 is 0 Å². The van der Waals surface area contributed by atoms with Crippen molar-refractivity contribution in [3.8, 4) is 0 Å². The number of thioether (sulfide) groups is 1. The summed E-state index contributed by atoms with van der Waals surface area (Å²) in [7, 11) is 0. The van der Waals surface area contributed by atoms with E-state index in [0.29, 0.717) is 16.1 Å². The first kappa shape index (κ1) is 21.1. The summed E-state index contributed by atoms with van der Waals surface area (Å²) in [6.45, 7) is 4.05. The Bertz CT molecular complexity index is 568. The second-order valence-corrected chi connectivity index (χ2v) is 7.96. The predicted octanol–water partition coefficient (Wildman–Crippen LogP) is 2.46. The van der Waals surface area contributed by atoms with Gasteiger partial charge in [0.1, 0.15) is 0 Å². The first-order valence-electron chi connectivity index (χ1n) is 7.64. The van der Waals surface area contributed by atoms with Gasteiger partial charge in [-0.25, -0.2) is 0 Å². The number of esters is 1. The Kier molecular flexibility index (Phi) is 8.41. The van der Waals surface area contributed by atoms with Crippen molar-refractivity contribution in [2.24, 2.45) is 11.7 Å². The molecule has 1 aliphatic carbocycles. The zero-order valence-corrected chi connectivity index (χ0v) is 16.2. The van der Waals surface area contributed by atoms with Crippen molar-refractivity contribution in [1.82, 2.24) is 10.2 Å². The minimum absolute atomic E-state index is 0. The molecule has 2 atom stereocenters. The molecule has 0 saturated heterocycles. The Morgan fingerprint density at radius 3 is 2.88 bits per heavy atom. The molecule has 1 amide bonds. The molecule has 136 valence electrons. The summed E-state index contributed by atoms with van der Waals surface area (Å²) in [5.74, 6) is -0.428. The molecule has 1 aromatic rings. The highest BCUT2D eigenvalue weighted by Gasteiger charge is 2.38. The van der Waals surface area contributed by atoms with Crippen molar-refractivity contribution >= 4 is 52.5 Å². The van der Waals surface area contributed by atoms with Gasteiger partial charge in [0.15, 0.2) is 4.34 Å². The van der Waals surface area contributed by atoms with Crippen molar-refractivity contribution < 1.29 is 14.3 Å². The lowest BCUT2D eigenvalue weighted by Gasteiger charge is -2.36. The monoisotopic (exact) mass is 394 g/mol. The highest BCUT2D eigenvalue weighted by atomic mass is 35.5. The van der Waals surface area contributed by atoms with Crippen molar-refractivity contribution in [3.05, 3.63) is 0 Å². The third-order valence-electron chi connectivity index (χ3n) is 3.83. The lowest BCUT2D eigenvalue weighted by Crippen LogP contribution is -2.51. The van der Waals surface area contributed by atoms with E-state index in [0.717, 1.165) is 25.7 Å². The highest BCUT2D eigenvalue weighted by Crippen LogP contribution is 2.33. The van der Waals surface area contributed by atoms with Crippen LogP contribution in [0.1, 0.15) is 39.5 Å². The van der Waals surface area contributed by atoms with Gasteiger partial charge in [0.25, 0.3) is 0 Å². The molecule has 1 saturated carbocycles. The van der Waals surface area contributed by atoms with Crippen LogP contribution in [-0.4, -0.2) is 40.0 Å². The largest absolute Gasteiger partial charge is 0.465 e. The fraction of sp³-hybridized carbons (Fsp3) is 0.714. The molecule has 10 heteroatoms. The number of halogens is 1. The average Bonchev–Trinajstić information content (AvgIpc) is 2.92. The molecule has 0 radical (unpaired) electrons. The lowest BCUT2D eigenvalue weighted by molar-refractivity contribution is -0.139. The van der Waals surface area contributed by atoms with Crippen LogP contribution in [0, 0.1) is 5.92 Å². The number of rotatable bonds is 6. The van der Waals surface area contributed by atoms with E-state index in [1.807, 2.05) is 6.92 Å². The summed E-state index contributed by atoms with van der Waals surface area (Å²) < 4.78 is 5.47. The van der Waals surface area contributed by atoms with Crippen LogP contribution in [0.5, 0.6) is 0 Å². The molecule has 3 N–H and O–H groups in total. The molecule has 0 spiro atoms. The maximum Gasteiger partial charge on any atom is 0.316 e. The summed E-state index contributed by atoms with van der Waals surface area (Å²) in [4.78, 5) is 23.7. The molecule has 1 aromatic heterocycles. The molecule has 2 rings (SSSR count). The molecule has 2 unspecified atom stereocenters. The molecule has 0 aromatic carbocycles. The van der Waals surface area contributed by atoms with Gasteiger partial charge in [0.2, 0.25) is 11.0 Å². The van der Waals surface area contributed by atoms with Crippen molar-refractivity contribution in [2.75, 3.05) is 17.7 Å². The van der Waals surface area contributed by atoms with Gasteiger partial charge in [-0.15, -0.1) is 22.6 Å². The van der Waals surface area contributed by atoms with Crippen LogP contribution in [-0.2, 0) is 14.3 Å². The highest BCUT2D eigenvalue weighted by molar-refractivity contribution is 8.01. The maximum atomic E-state index is 12.4. The Morgan fingerprint density at radius 2 is 2.21 bits per heavy atom. The maximum absolute atomic E-state index is 12.4. The third kappa shape index (κ3) is 5.87. The minimum atomic E-state index is -0.478. The fourth-order valence-corrected chi connectivity index (χ4v) is 4.18. The van der Waals surface area contributed by atoms with Crippen molar-refractivity contribution in [3.63, 3.8) is 0 Å². The van der Waals surface area contributed by atoms with E-state index in [9.17, 15) is 9.59 Å². The number of ether oxygens (including phenoxy) is 1. The zero-order chi connectivity index (χ0) is 16.9. The lowest BCUT2D eigenvalue weighted by atomic mass is 9.74. The Balaban J connectivity index is 0.00000288. The summed E-state index contributed by atoms with van der Waals surface area (Å²) in [5, 5.41) is 11.1. The van der Waals surface area contributed by atoms with Gasteiger partial charge in [-0.2, -0.15) is 0 Å².